The quantitative estimate of drug-likeness (QED) is 0.933. The van der Waals surface area contributed by atoms with Crippen LogP contribution in [0.1, 0.15) is 28.5 Å². The number of nitrogens with zero attached hydrogens (tertiary/aromatic N) is 1. The van der Waals surface area contributed by atoms with Gasteiger partial charge < -0.3 is 14.3 Å². The van der Waals surface area contributed by atoms with Gasteiger partial charge in [0.15, 0.2) is 0 Å². The molecule has 5 nitrogen and oxygen atoms in total. The molecule has 1 N–H and O–H groups in total. The zero-order valence-corrected chi connectivity index (χ0v) is 12.0. The highest BCUT2D eigenvalue weighted by Gasteiger charge is 2.18. The molecule has 3 rings (SSSR count). The Balaban J connectivity index is 1.88. The van der Waals surface area contributed by atoms with Crippen LogP contribution in [0.15, 0.2) is 58.9 Å². The molecule has 0 saturated heterocycles. The van der Waals surface area contributed by atoms with Gasteiger partial charge in [-0.1, -0.05) is 12.1 Å². The number of ether oxygens (including phenoxy) is 1. The molecule has 0 radical (unpaired) electrons. The highest BCUT2D eigenvalue weighted by molar-refractivity contribution is 5.88. The average molecular weight is 297 g/mol. The summed E-state index contributed by atoms with van der Waals surface area (Å²) in [4.78, 5) is 15.3. The minimum atomic E-state index is -0.973. The second-order valence-corrected chi connectivity index (χ2v) is 4.97. The van der Waals surface area contributed by atoms with Gasteiger partial charge in [0.1, 0.15) is 11.5 Å². The van der Waals surface area contributed by atoms with E-state index in [9.17, 15) is 4.79 Å². The van der Waals surface area contributed by atoms with E-state index in [-0.39, 0.29) is 11.5 Å². The topological polar surface area (TPSA) is 72.6 Å². The van der Waals surface area contributed by atoms with Gasteiger partial charge in [-0.05, 0) is 36.8 Å². The number of hydrogen-bond acceptors (Lipinski definition) is 4. The number of carboxylic acids is 1. The first-order valence-corrected chi connectivity index (χ1v) is 6.89. The number of aromatic nitrogens is 1. The molecular formula is C17H15NO4. The molecule has 1 unspecified atom stereocenters. The fourth-order valence-electron chi connectivity index (χ4n) is 2.36. The van der Waals surface area contributed by atoms with Crippen molar-refractivity contribution in [2.45, 2.75) is 12.3 Å². The Morgan fingerprint density at radius 1 is 1.45 bits per heavy atom. The lowest BCUT2D eigenvalue weighted by Gasteiger charge is -2.13. The highest BCUT2D eigenvalue weighted by Crippen LogP contribution is 2.30. The van der Waals surface area contributed by atoms with Crippen LogP contribution < -0.4 is 0 Å². The maximum absolute atomic E-state index is 11.0. The zero-order valence-electron chi connectivity index (χ0n) is 12.0. The van der Waals surface area contributed by atoms with E-state index in [0.29, 0.717) is 11.5 Å². The van der Waals surface area contributed by atoms with E-state index < -0.39 is 5.97 Å². The van der Waals surface area contributed by atoms with Gasteiger partial charge in [0.25, 0.3) is 0 Å². The molecule has 0 bridgehead atoms. The van der Waals surface area contributed by atoms with Crippen molar-refractivity contribution in [3.05, 3.63) is 65.8 Å². The van der Waals surface area contributed by atoms with Crippen molar-refractivity contribution in [3.63, 3.8) is 0 Å². The summed E-state index contributed by atoms with van der Waals surface area (Å²) in [5.74, 6) is 1.04. The molecule has 1 aliphatic carbocycles. The minimum absolute atomic E-state index is 0.0730. The lowest BCUT2D eigenvalue weighted by Crippen LogP contribution is -1.99. The number of aromatic carboxylic acids is 1. The second kappa shape index (κ2) is 5.89. The lowest BCUT2D eigenvalue weighted by molar-refractivity contribution is 0.0697. The molecule has 0 fully saturated rings. The Morgan fingerprint density at radius 3 is 3.09 bits per heavy atom. The molecule has 0 saturated carbocycles. The summed E-state index contributed by atoms with van der Waals surface area (Å²) in [6.45, 7) is 0. The smallest absolute Gasteiger partial charge is 0.335 e. The number of carbonyl (C=O) groups is 1. The summed E-state index contributed by atoms with van der Waals surface area (Å²) in [7, 11) is 1.63. The normalized spacial score (nSPS) is 17.1. The van der Waals surface area contributed by atoms with Crippen LogP contribution in [0.5, 0.6) is 0 Å². The molecule has 1 atom stereocenters. The van der Waals surface area contributed by atoms with Crippen molar-refractivity contribution >= 4 is 5.97 Å². The maximum atomic E-state index is 11.0. The van der Waals surface area contributed by atoms with Gasteiger partial charge in [0.2, 0.25) is 5.89 Å². The van der Waals surface area contributed by atoms with Crippen molar-refractivity contribution < 1.29 is 19.1 Å². The fourth-order valence-corrected chi connectivity index (χ4v) is 2.36. The van der Waals surface area contributed by atoms with Crippen molar-refractivity contribution in [1.82, 2.24) is 4.98 Å². The number of oxazole rings is 1. The standard InChI is InChI=1S/C17H15NO4/c1-21-14-7-3-4-11(9-14)15-10-18-16(22-15)12-5-2-6-13(8-12)17(19)20/h2-3,5-11H,4H2,1H3,(H,19,20). The Labute approximate surface area is 127 Å². The van der Waals surface area contributed by atoms with E-state index in [1.54, 1.807) is 31.5 Å². The third-order valence-electron chi connectivity index (χ3n) is 3.52. The van der Waals surface area contributed by atoms with Crippen LogP contribution >= 0.6 is 0 Å². The number of allylic oxidation sites excluding steroid dienone is 3. The fraction of sp³-hybridized carbons (Fsp3) is 0.176. The van der Waals surface area contributed by atoms with E-state index in [1.165, 1.54) is 6.07 Å². The van der Waals surface area contributed by atoms with Crippen molar-refractivity contribution in [1.29, 1.82) is 0 Å². The van der Waals surface area contributed by atoms with E-state index in [2.05, 4.69) is 4.98 Å². The summed E-state index contributed by atoms with van der Waals surface area (Å²) < 4.78 is 11.0. The maximum Gasteiger partial charge on any atom is 0.335 e. The van der Waals surface area contributed by atoms with Gasteiger partial charge in [0, 0.05) is 11.5 Å². The molecule has 0 amide bonds. The lowest BCUT2D eigenvalue weighted by atomic mass is 9.98. The molecule has 5 heteroatoms. The summed E-state index contributed by atoms with van der Waals surface area (Å²) in [5.41, 5.74) is 0.855. The largest absolute Gasteiger partial charge is 0.497 e. The SMILES string of the molecule is COC1=CC(c2cnc(-c3cccc(C(=O)O)c3)o2)CC=C1. The molecule has 1 aromatic carbocycles. The predicted molar refractivity (Wildman–Crippen MR) is 80.5 cm³/mol. The summed E-state index contributed by atoms with van der Waals surface area (Å²) in [5, 5.41) is 9.04. The van der Waals surface area contributed by atoms with E-state index in [0.717, 1.165) is 17.9 Å². The first-order valence-electron chi connectivity index (χ1n) is 6.89. The zero-order chi connectivity index (χ0) is 15.5. The van der Waals surface area contributed by atoms with Crippen LogP contribution in [0.25, 0.3) is 11.5 Å². The van der Waals surface area contributed by atoms with Crippen LogP contribution in [0, 0.1) is 0 Å². The Kier molecular flexibility index (Phi) is 3.78. The van der Waals surface area contributed by atoms with Gasteiger partial charge >= 0.3 is 5.97 Å². The van der Waals surface area contributed by atoms with Gasteiger partial charge in [0.05, 0.1) is 18.9 Å². The van der Waals surface area contributed by atoms with Crippen LogP contribution in [-0.2, 0) is 4.74 Å². The van der Waals surface area contributed by atoms with Gasteiger partial charge in [-0.2, -0.15) is 0 Å². The number of hydrogen-bond donors (Lipinski definition) is 1. The van der Waals surface area contributed by atoms with Crippen LogP contribution in [0.4, 0.5) is 0 Å². The molecule has 1 aliphatic rings. The van der Waals surface area contributed by atoms with Crippen LogP contribution in [-0.4, -0.2) is 23.2 Å². The van der Waals surface area contributed by atoms with E-state index in [1.807, 2.05) is 18.2 Å². The third kappa shape index (κ3) is 2.79. The van der Waals surface area contributed by atoms with Crippen molar-refractivity contribution in [3.8, 4) is 11.5 Å². The van der Waals surface area contributed by atoms with E-state index in [4.69, 9.17) is 14.3 Å². The Bertz CT molecular complexity index is 758. The molecule has 0 spiro atoms. The molecule has 0 aliphatic heterocycles. The van der Waals surface area contributed by atoms with E-state index >= 15 is 0 Å². The number of methoxy groups -OCH3 is 1. The number of carboxylic acid groups (broad SMARTS) is 1. The van der Waals surface area contributed by atoms with Crippen LogP contribution in [0.3, 0.4) is 0 Å². The Morgan fingerprint density at radius 2 is 2.32 bits per heavy atom. The molecular weight excluding hydrogens is 282 g/mol. The highest BCUT2D eigenvalue weighted by atomic mass is 16.5. The molecule has 2 aromatic rings. The number of rotatable bonds is 4. The van der Waals surface area contributed by atoms with Crippen molar-refractivity contribution in [2.24, 2.45) is 0 Å². The van der Waals surface area contributed by atoms with Gasteiger partial charge in [-0.25, -0.2) is 9.78 Å². The van der Waals surface area contributed by atoms with Gasteiger partial charge in [-0.15, -0.1) is 0 Å². The number of benzene rings is 1. The summed E-state index contributed by atoms with van der Waals surface area (Å²) in [6.07, 6.45) is 8.42. The monoisotopic (exact) mass is 297 g/mol. The second-order valence-electron chi connectivity index (χ2n) is 4.97. The first kappa shape index (κ1) is 14.1. The molecule has 1 heterocycles. The molecule has 112 valence electrons. The summed E-state index contributed by atoms with van der Waals surface area (Å²) in [6, 6.07) is 6.54. The summed E-state index contributed by atoms with van der Waals surface area (Å²) >= 11 is 0. The third-order valence-corrected chi connectivity index (χ3v) is 3.52. The predicted octanol–water partition coefficient (Wildman–Crippen LogP) is 3.61. The molecule has 1 aromatic heterocycles. The van der Waals surface area contributed by atoms with Crippen molar-refractivity contribution in [2.75, 3.05) is 7.11 Å². The first-order chi connectivity index (χ1) is 10.7. The van der Waals surface area contributed by atoms with Crippen LogP contribution in [0.2, 0.25) is 0 Å². The average Bonchev–Trinajstić information content (AvgIpc) is 3.05. The van der Waals surface area contributed by atoms with Gasteiger partial charge in [-0.3, -0.25) is 0 Å². The Hall–Kier alpha value is -2.82. The minimum Gasteiger partial charge on any atom is -0.497 e. The molecule has 22 heavy (non-hydrogen) atoms.